The normalized spacial score (nSPS) is 17.1. The number of ether oxygens (including phenoxy) is 1. The third kappa shape index (κ3) is 3.17. The van der Waals surface area contributed by atoms with Crippen molar-refractivity contribution in [2.45, 2.75) is 37.9 Å². The predicted octanol–water partition coefficient (Wildman–Crippen LogP) is 4.27. The Morgan fingerprint density at radius 2 is 1.92 bits per heavy atom. The molecule has 1 atom stereocenters. The third-order valence-corrected chi connectivity index (χ3v) is 5.90. The smallest absolute Gasteiger partial charge is 0.266 e. The van der Waals surface area contributed by atoms with E-state index in [0.29, 0.717) is 5.39 Å². The second-order valence-corrected chi connectivity index (χ2v) is 7.73. The topological polar surface area (TPSA) is 44.1 Å². The van der Waals surface area contributed by atoms with Crippen LogP contribution in [0.4, 0.5) is 0 Å². The minimum absolute atomic E-state index is 0.0113. The highest BCUT2D eigenvalue weighted by atomic mass is 32.2. The van der Waals surface area contributed by atoms with Crippen molar-refractivity contribution in [1.29, 1.82) is 0 Å². The molecule has 0 amide bonds. The lowest BCUT2D eigenvalue weighted by Crippen LogP contribution is -2.24. The van der Waals surface area contributed by atoms with E-state index in [0.717, 1.165) is 52.7 Å². The molecule has 4 nitrogen and oxygen atoms in total. The molecule has 2 heterocycles. The zero-order chi connectivity index (χ0) is 18.1. The van der Waals surface area contributed by atoms with Crippen LogP contribution in [0.5, 0.6) is 0 Å². The first kappa shape index (κ1) is 17.3. The summed E-state index contributed by atoms with van der Waals surface area (Å²) in [7, 11) is 0. The molecule has 26 heavy (non-hydrogen) atoms. The Kier molecular flexibility index (Phi) is 4.83. The summed E-state index contributed by atoms with van der Waals surface area (Å²) < 4.78 is 7.53. The number of fused-ring (bicyclic) bond motifs is 1. The second kappa shape index (κ2) is 7.25. The van der Waals surface area contributed by atoms with Gasteiger partial charge in [0.1, 0.15) is 0 Å². The average molecular weight is 366 g/mol. The molecule has 1 unspecified atom stereocenters. The van der Waals surface area contributed by atoms with Crippen LogP contribution in [0.1, 0.15) is 24.0 Å². The van der Waals surface area contributed by atoms with E-state index in [-0.39, 0.29) is 11.7 Å². The van der Waals surface area contributed by atoms with Gasteiger partial charge in [-0.15, -0.1) is 0 Å². The highest BCUT2D eigenvalue weighted by Gasteiger charge is 2.20. The Morgan fingerprint density at radius 1 is 1.15 bits per heavy atom. The number of thioether (sulfide) groups is 1. The van der Waals surface area contributed by atoms with E-state index < -0.39 is 0 Å². The van der Waals surface area contributed by atoms with E-state index in [2.05, 4.69) is 0 Å². The summed E-state index contributed by atoms with van der Waals surface area (Å²) in [5.41, 5.74) is 3.81. The first-order valence-electron chi connectivity index (χ1n) is 8.98. The summed E-state index contributed by atoms with van der Waals surface area (Å²) in [6.07, 6.45) is 2.43. The van der Waals surface area contributed by atoms with Crippen molar-refractivity contribution in [2.24, 2.45) is 0 Å². The van der Waals surface area contributed by atoms with Crippen molar-refractivity contribution in [1.82, 2.24) is 9.55 Å². The molecule has 0 spiro atoms. The summed E-state index contributed by atoms with van der Waals surface area (Å²) >= 11 is 1.61. The van der Waals surface area contributed by atoms with Crippen molar-refractivity contribution in [3.8, 4) is 5.69 Å². The van der Waals surface area contributed by atoms with Gasteiger partial charge in [0.05, 0.1) is 22.7 Å². The largest absolute Gasteiger partial charge is 0.377 e. The predicted molar refractivity (Wildman–Crippen MR) is 107 cm³/mol. The lowest BCUT2D eigenvalue weighted by molar-refractivity contribution is 0.129. The number of para-hydroxylation sites is 2. The van der Waals surface area contributed by atoms with E-state index >= 15 is 0 Å². The van der Waals surface area contributed by atoms with E-state index in [1.54, 1.807) is 16.3 Å². The van der Waals surface area contributed by atoms with Gasteiger partial charge in [-0.3, -0.25) is 9.36 Å². The van der Waals surface area contributed by atoms with Gasteiger partial charge in [-0.2, -0.15) is 0 Å². The monoisotopic (exact) mass is 366 g/mol. The van der Waals surface area contributed by atoms with Gasteiger partial charge in [0.2, 0.25) is 0 Å². The van der Waals surface area contributed by atoms with Crippen LogP contribution in [0, 0.1) is 13.8 Å². The van der Waals surface area contributed by atoms with Crippen LogP contribution in [-0.2, 0) is 4.74 Å². The summed E-state index contributed by atoms with van der Waals surface area (Å²) in [5.74, 6) is 0.815. The fraction of sp³-hybridized carbons (Fsp3) is 0.333. The van der Waals surface area contributed by atoms with Crippen molar-refractivity contribution >= 4 is 22.7 Å². The van der Waals surface area contributed by atoms with Crippen LogP contribution in [-0.4, -0.2) is 28.0 Å². The van der Waals surface area contributed by atoms with E-state index in [9.17, 15) is 4.79 Å². The molecule has 0 bridgehead atoms. The van der Waals surface area contributed by atoms with Crippen molar-refractivity contribution < 1.29 is 4.74 Å². The number of hydrogen-bond acceptors (Lipinski definition) is 4. The van der Waals surface area contributed by atoms with Crippen LogP contribution in [0.3, 0.4) is 0 Å². The Hall–Kier alpha value is -2.11. The Bertz CT molecular complexity index is 986. The fourth-order valence-electron chi connectivity index (χ4n) is 3.51. The molecule has 0 saturated carbocycles. The first-order chi connectivity index (χ1) is 12.6. The molecule has 5 heteroatoms. The zero-order valence-electron chi connectivity index (χ0n) is 15.1. The molecule has 4 rings (SSSR count). The highest BCUT2D eigenvalue weighted by Crippen LogP contribution is 2.27. The molecule has 1 saturated heterocycles. The number of aryl methyl sites for hydroxylation is 2. The van der Waals surface area contributed by atoms with E-state index in [1.165, 1.54) is 0 Å². The van der Waals surface area contributed by atoms with Gasteiger partial charge in [0.15, 0.2) is 5.16 Å². The maximum absolute atomic E-state index is 13.3. The molecule has 3 aromatic rings. The Morgan fingerprint density at radius 3 is 2.65 bits per heavy atom. The number of aromatic nitrogens is 2. The number of benzene rings is 2. The van der Waals surface area contributed by atoms with Crippen molar-refractivity contribution in [3.63, 3.8) is 0 Å². The van der Waals surface area contributed by atoms with Crippen molar-refractivity contribution in [3.05, 3.63) is 63.9 Å². The van der Waals surface area contributed by atoms with Gasteiger partial charge in [-0.05, 0) is 49.9 Å². The van der Waals surface area contributed by atoms with Gasteiger partial charge in [0, 0.05) is 12.4 Å². The molecule has 1 aliphatic rings. The number of hydrogen-bond donors (Lipinski definition) is 0. The Balaban J connectivity index is 1.89. The summed E-state index contributed by atoms with van der Waals surface area (Å²) in [6.45, 7) is 4.91. The molecular formula is C21H22N2O2S. The average Bonchev–Trinajstić information content (AvgIpc) is 3.15. The SMILES string of the molecule is Cc1cccc(C)c1-n1c(SCC2CCCO2)nc2ccccc2c1=O. The third-order valence-electron chi connectivity index (χ3n) is 4.83. The molecule has 134 valence electrons. The lowest BCUT2D eigenvalue weighted by atomic mass is 10.1. The van der Waals surface area contributed by atoms with Gasteiger partial charge in [0.25, 0.3) is 5.56 Å². The summed E-state index contributed by atoms with van der Waals surface area (Å²) in [6, 6.07) is 13.7. The quantitative estimate of drug-likeness (QED) is 0.511. The molecule has 1 aliphatic heterocycles. The van der Waals surface area contributed by atoms with Crippen molar-refractivity contribution in [2.75, 3.05) is 12.4 Å². The van der Waals surface area contributed by atoms with Gasteiger partial charge < -0.3 is 4.74 Å². The maximum Gasteiger partial charge on any atom is 0.266 e. The molecular weight excluding hydrogens is 344 g/mol. The molecule has 1 aromatic heterocycles. The minimum Gasteiger partial charge on any atom is -0.377 e. The summed E-state index contributed by atoms with van der Waals surface area (Å²) in [5, 5.41) is 1.39. The second-order valence-electron chi connectivity index (χ2n) is 6.74. The van der Waals surface area contributed by atoms with Crippen LogP contribution in [0.15, 0.2) is 52.4 Å². The van der Waals surface area contributed by atoms with Crippen LogP contribution in [0.25, 0.3) is 16.6 Å². The maximum atomic E-state index is 13.3. The Labute approximate surface area is 157 Å². The van der Waals surface area contributed by atoms with Gasteiger partial charge in [-0.25, -0.2) is 4.98 Å². The molecule has 0 N–H and O–H groups in total. The molecule has 2 aromatic carbocycles. The minimum atomic E-state index is -0.0113. The number of rotatable bonds is 4. The highest BCUT2D eigenvalue weighted by molar-refractivity contribution is 7.99. The molecule has 1 fully saturated rings. The standard InChI is InChI=1S/C21H22N2O2S/c1-14-7-5-8-15(2)19(14)23-20(24)17-10-3-4-11-18(17)22-21(23)26-13-16-9-6-12-25-16/h3-5,7-8,10-11,16H,6,9,12-13H2,1-2H3. The van der Waals surface area contributed by atoms with Crippen LogP contribution < -0.4 is 5.56 Å². The van der Waals surface area contributed by atoms with E-state index in [1.807, 2.05) is 56.3 Å². The fourth-order valence-corrected chi connectivity index (χ4v) is 4.57. The molecule has 0 aliphatic carbocycles. The number of nitrogens with zero attached hydrogens (tertiary/aromatic N) is 2. The van der Waals surface area contributed by atoms with Crippen LogP contribution in [0.2, 0.25) is 0 Å². The van der Waals surface area contributed by atoms with Gasteiger partial charge in [-0.1, -0.05) is 42.1 Å². The zero-order valence-corrected chi connectivity index (χ0v) is 15.9. The van der Waals surface area contributed by atoms with E-state index in [4.69, 9.17) is 9.72 Å². The van der Waals surface area contributed by atoms with Crippen LogP contribution >= 0.6 is 11.8 Å². The molecule has 0 radical (unpaired) electrons. The lowest BCUT2D eigenvalue weighted by Gasteiger charge is -2.18. The van der Waals surface area contributed by atoms with Gasteiger partial charge >= 0.3 is 0 Å². The summed E-state index contributed by atoms with van der Waals surface area (Å²) in [4.78, 5) is 18.2. The first-order valence-corrected chi connectivity index (χ1v) is 9.96.